The number of hydrogen-bond acceptors (Lipinski definition) is 2. The minimum Gasteiger partial charge on any atom is -0.393 e. The van der Waals surface area contributed by atoms with Crippen LogP contribution in [0.25, 0.3) is 0 Å². The maximum absolute atomic E-state index is 11.5. The van der Waals surface area contributed by atoms with Crippen LogP contribution in [0.4, 0.5) is 0 Å². The molecule has 0 aromatic carbocycles. The Morgan fingerprint density at radius 1 is 1.64 bits per heavy atom. The molecular formula is C11H19NO2. The molecule has 1 amide bonds. The summed E-state index contributed by atoms with van der Waals surface area (Å²) in [5, 5.41) is 9.09. The van der Waals surface area contributed by atoms with Gasteiger partial charge in [0.15, 0.2) is 0 Å². The minimum absolute atomic E-state index is 0.128. The highest BCUT2D eigenvalue weighted by Gasteiger charge is 2.28. The molecule has 1 aliphatic carbocycles. The van der Waals surface area contributed by atoms with Crippen LogP contribution in [-0.4, -0.2) is 35.6 Å². The van der Waals surface area contributed by atoms with Crippen LogP contribution in [0.5, 0.6) is 0 Å². The Morgan fingerprint density at radius 2 is 2.29 bits per heavy atom. The molecule has 0 aromatic rings. The van der Waals surface area contributed by atoms with Crippen LogP contribution in [0.1, 0.15) is 25.7 Å². The molecule has 0 heterocycles. The fourth-order valence-corrected chi connectivity index (χ4v) is 1.76. The SMILES string of the molecule is C=CCCC(=O)N(C)CC1CC(O)C1. The predicted molar refractivity (Wildman–Crippen MR) is 55.8 cm³/mol. The quantitative estimate of drug-likeness (QED) is 0.672. The first kappa shape index (κ1) is 11.2. The lowest BCUT2D eigenvalue weighted by molar-refractivity contribution is -0.131. The van der Waals surface area contributed by atoms with Gasteiger partial charge in [0.05, 0.1) is 6.10 Å². The third-order valence-corrected chi connectivity index (χ3v) is 2.73. The van der Waals surface area contributed by atoms with E-state index in [1.807, 2.05) is 7.05 Å². The van der Waals surface area contributed by atoms with E-state index in [2.05, 4.69) is 6.58 Å². The van der Waals surface area contributed by atoms with Crippen molar-refractivity contribution < 1.29 is 9.90 Å². The van der Waals surface area contributed by atoms with Crippen LogP contribution in [-0.2, 0) is 4.79 Å². The summed E-state index contributed by atoms with van der Waals surface area (Å²) in [6.45, 7) is 4.37. The molecule has 0 saturated heterocycles. The summed E-state index contributed by atoms with van der Waals surface area (Å²) in [5.74, 6) is 0.675. The van der Waals surface area contributed by atoms with E-state index < -0.39 is 0 Å². The summed E-state index contributed by atoms with van der Waals surface area (Å²) in [6.07, 6.45) is 4.62. The van der Waals surface area contributed by atoms with Crippen molar-refractivity contribution in [3.05, 3.63) is 12.7 Å². The fraction of sp³-hybridized carbons (Fsp3) is 0.727. The van der Waals surface area contributed by atoms with Crippen LogP contribution in [0, 0.1) is 5.92 Å². The van der Waals surface area contributed by atoms with Crippen LogP contribution < -0.4 is 0 Å². The predicted octanol–water partition coefficient (Wildman–Crippen LogP) is 1.18. The molecule has 0 aliphatic heterocycles. The van der Waals surface area contributed by atoms with Crippen molar-refractivity contribution in [3.63, 3.8) is 0 Å². The molecule has 0 aromatic heterocycles. The average Bonchev–Trinajstić information content (AvgIpc) is 2.11. The van der Waals surface area contributed by atoms with E-state index in [1.165, 1.54) is 0 Å². The molecule has 14 heavy (non-hydrogen) atoms. The van der Waals surface area contributed by atoms with E-state index in [1.54, 1.807) is 11.0 Å². The van der Waals surface area contributed by atoms with E-state index in [9.17, 15) is 4.79 Å². The monoisotopic (exact) mass is 197 g/mol. The highest BCUT2D eigenvalue weighted by Crippen LogP contribution is 2.27. The molecule has 3 heteroatoms. The van der Waals surface area contributed by atoms with E-state index >= 15 is 0 Å². The standard InChI is InChI=1S/C11H19NO2/c1-3-4-5-11(14)12(2)8-9-6-10(13)7-9/h3,9-10,13H,1,4-8H2,2H3. The Hall–Kier alpha value is -0.830. The molecule has 0 atom stereocenters. The molecule has 0 spiro atoms. The Morgan fingerprint density at radius 3 is 2.79 bits per heavy atom. The van der Waals surface area contributed by atoms with Crippen LogP contribution >= 0.6 is 0 Å². The molecule has 1 aliphatic rings. The number of carbonyl (C=O) groups excluding carboxylic acids is 1. The molecular weight excluding hydrogens is 178 g/mol. The van der Waals surface area contributed by atoms with Gasteiger partial charge in [-0.05, 0) is 25.2 Å². The van der Waals surface area contributed by atoms with E-state index in [0.29, 0.717) is 12.3 Å². The number of aliphatic hydroxyl groups excluding tert-OH is 1. The zero-order valence-electron chi connectivity index (χ0n) is 8.78. The van der Waals surface area contributed by atoms with Gasteiger partial charge in [0.1, 0.15) is 0 Å². The van der Waals surface area contributed by atoms with E-state index in [-0.39, 0.29) is 12.0 Å². The Kier molecular flexibility index (Phi) is 4.14. The average molecular weight is 197 g/mol. The first-order valence-corrected chi connectivity index (χ1v) is 5.16. The lowest BCUT2D eigenvalue weighted by Gasteiger charge is -2.34. The molecule has 0 unspecified atom stereocenters. The zero-order valence-corrected chi connectivity index (χ0v) is 8.78. The summed E-state index contributed by atoms with van der Waals surface area (Å²) in [6, 6.07) is 0. The van der Waals surface area contributed by atoms with Crippen molar-refractivity contribution >= 4 is 5.91 Å². The summed E-state index contributed by atoms with van der Waals surface area (Å²) < 4.78 is 0. The van der Waals surface area contributed by atoms with Crippen molar-refractivity contribution in [1.82, 2.24) is 4.90 Å². The molecule has 1 rings (SSSR count). The van der Waals surface area contributed by atoms with Crippen LogP contribution in [0.3, 0.4) is 0 Å². The Labute approximate surface area is 85.4 Å². The number of allylic oxidation sites excluding steroid dienone is 1. The molecule has 1 N–H and O–H groups in total. The Balaban J connectivity index is 2.17. The highest BCUT2D eigenvalue weighted by molar-refractivity contribution is 5.75. The van der Waals surface area contributed by atoms with Gasteiger partial charge in [-0.2, -0.15) is 0 Å². The second-order valence-electron chi connectivity index (χ2n) is 4.09. The van der Waals surface area contributed by atoms with E-state index in [0.717, 1.165) is 25.8 Å². The molecule has 3 nitrogen and oxygen atoms in total. The van der Waals surface area contributed by atoms with Crippen molar-refractivity contribution in [2.75, 3.05) is 13.6 Å². The van der Waals surface area contributed by atoms with Crippen molar-refractivity contribution in [1.29, 1.82) is 0 Å². The lowest BCUT2D eigenvalue weighted by atomic mass is 9.82. The number of nitrogens with zero attached hydrogens (tertiary/aromatic N) is 1. The summed E-state index contributed by atoms with van der Waals surface area (Å²) in [4.78, 5) is 13.2. The second kappa shape index (κ2) is 5.15. The minimum atomic E-state index is -0.128. The molecule has 1 saturated carbocycles. The van der Waals surface area contributed by atoms with Crippen molar-refractivity contribution in [2.45, 2.75) is 31.8 Å². The van der Waals surface area contributed by atoms with E-state index in [4.69, 9.17) is 5.11 Å². The summed E-state index contributed by atoms with van der Waals surface area (Å²) in [7, 11) is 1.83. The first-order valence-electron chi connectivity index (χ1n) is 5.16. The lowest BCUT2D eigenvalue weighted by Crippen LogP contribution is -2.39. The topological polar surface area (TPSA) is 40.5 Å². The summed E-state index contributed by atoms with van der Waals surface area (Å²) in [5.41, 5.74) is 0. The van der Waals surface area contributed by atoms with Gasteiger partial charge >= 0.3 is 0 Å². The summed E-state index contributed by atoms with van der Waals surface area (Å²) >= 11 is 0. The second-order valence-corrected chi connectivity index (χ2v) is 4.09. The maximum Gasteiger partial charge on any atom is 0.222 e. The smallest absolute Gasteiger partial charge is 0.222 e. The third-order valence-electron chi connectivity index (χ3n) is 2.73. The maximum atomic E-state index is 11.5. The highest BCUT2D eigenvalue weighted by atomic mass is 16.3. The van der Waals surface area contributed by atoms with Crippen molar-refractivity contribution in [3.8, 4) is 0 Å². The first-order chi connectivity index (χ1) is 6.63. The zero-order chi connectivity index (χ0) is 10.6. The molecule has 80 valence electrons. The van der Waals surface area contributed by atoms with Gasteiger partial charge in [0.25, 0.3) is 0 Å². The number of rotatable bonds is 5. The van der Waals surface area contributed by atoms with Crippen LogP contribution in [0.2, 0.25) is 0 Å². The normalized spacial score (nSPS) is 25.3. The molecule has 0 radical (unpaired) electrons. The van der Waals surface area contributed by atoms with Gasteiger partial charge < -0.3 is 10.0 Å². The number of hydrogen-bond donors (Lipinski definition) is 1. The fourth-order valence-electron chi connectivity index (χ4n) is 1.76. The largest absolute Gasteiger partial charge is 0.393 e. The third kappa shape index (κ3) is 3.14. The van der Waals surface area contributed by atoms with Gasteiger partial charge in [-0.25, -0.2) is 0 Å². The van der Waals surface area contributed by atoms with Gasteiger partial charge in [0.2, 0.25) is 5.91 Å². The van der Waals surface area contributed by atoms with Gasteiger partial charge in [-0.3, -0.25) is 4.79 Å². The van der Waals surface area contributed by atoms with Gasteiger partial charge in [-0.15, -0.1) is 6.58 Å². The van der Waals surface area contributed by atoms with Crippen LogP contribution in [0.15, 0.2) is 12.7 Å². The number of carbonyl (C=O) groups is 1. The molecule has 1 fully saturated rings. The molecule has 0 bridgehead atoms. The number of aliphatic hydroxyl groups is 1. The Bertz CT molecular complexity index is 209. The van der Waals surface area contributed by atoms with Gasteiger partial charge in [0, 0.05) is 20.0 Å². The van der Waals surface area contributed by atoms with Gasteiger partial charge in [-0.1, -0.05) is 6.08 Å². The number of amides is 1. The van der Waals surface area contributed by atoms with Crippen molar-refractivity contribution in [2.24, 2.45) is 5.92 Å².